The molecule has 0 atom stereocenters. The third-order valence-corrected chi connectivity index (χ3v) is 0.432. The van der Waals surface area contributed by atoms with Gasteiger partial charge in [0.25, 0.3) is 0 Å². The Hall–Kier alpha value is 0.384. The number of rotatable bonds is 3. The van der Waals surface area contributed by atoms with Crippen LogP contribution >= 0.6 is 0 Å². The van der Waals surface area contributed by atoms with Crippen molar-refractivity contribution in [2.24, 2.45) is 0 Å². The van der Waals surface area contributed by atoms with Gasteiger partial charge in [-0.1, -0.05) is 27.7 Å². The van der Waals surface area contributed by atoms with Crippen LogP contribution in [0.25, 0.3) is 0 Å². The zero-order valence-electron chi connectivity index (χ0n) is 10.8. The van der Waals surface area contributed by atoms with Gasteiger partial charge in [-0.3, -0.25) is 0 Å². The minimum absolute atomic E-state index is 0. The summed E-state index contributed by atoms with van der Waals surface area (Å²) in [6.07, 6.45) is -0.833. The second-order valence-corrected chi connectivity index (χ2v) is 3.00. The Morgan fingerprint density at radius 3 is 1.31 bits per heavy atom. The van der Waals surface area contributed by atoms with Crippen LogP contribution < -0.4 is 15.3 Å². The quantitative estimate of drug-likeness (QED) is 0.600. The first kappa shape index (κ1) is 29.9. The van der Waals surface area contributed by atoms with E-state index in [0.717, 1.165) is 0 Å². The van der Waals surface area contributed by atoms with Crippen molar-refractivity contribution >= 4 is 0 Å². The number of hydrogen-bond donors (Lipinski definition) is 0. The summed E-state index contributed by atoms with van der Waals surface area (Å²) in [7, 11) is 0. The molecule has 0 bridgehead atoms. The molecule has 1 radical (unpaired) electrons. The van der Waals surface area contributed by atoms with E-state index in [1.807, 2.05) is 6.92 Å². The van der Waals surface area contributed by atoms with Crippen molar-refractivity contribution in [2.45, 2.75) is 46.8 Å². The molecule has 16 heavy (non-hydrogen) atoms. The molecule has 0 aromatic rings. The van der Waals surface area contributed by atoms with Crippen LogP contribution in [0.4, 0.5) is 0 Å². The van der Waals surface area contributed by atoms with E-state index < -0.39 is 12.2 Å². The second-order valence-electron chi connectivity index (χ2n) is 3.00. The summed E-state index contributed by atoms with van der Waals surface area (Å²) in [5.74, 6) is 0. The maximum absolute atomic E-state index is 9.56. The summed E-state index contributed by atoms with van der Waals surface area (Å²) < 4.78 is 4.67. The Morgan fingerprint density at radius 1 is 1.00 bits per heavy atom. The molecular formula is C10H23O5V-5. The molecule has 0 aromatic carbocycles. The standard InChI is InChI=1S/C4H9O2.2C3H7O.O.V/c1-2-6-4-3-5;2*1-3(2)4;;/h2-4H2,1H3;2*3H,1-2H3;;/q3*-1;-2;. The predicted molar refractivity (Wildman–Crippen MR) is 52.3 cm³/mol. The largest absolute Gasteiger partial charge is 2.00 e. The van der Waals surface area contributed by atoms with Gasteiger partial charge in [-0.25, -0.2) is 0 Å². The van der Waals surface area contributed by atoms with Crippen LogP contribution in [0.15, 0.2) is 0 Å². The van der Waals surface area contributed by atoms with Crippen LogP contribution in [-0.4, -0.2) is 32.0 Å². The molecule has 0 rings (SSSR count). The molecule has 0 heterocycles. The molecule has 0 amide bonds. The maximum atomic E-state index is 9.56. The van der Waals surface area contributed by atoms with Gasteiger partial charge in [-0.15, -0.1) is 18.8 Å². The van der Waals surface area contributed by atoms with Crippen LogP contribution in [-0.2, 0) is 28.8 Å². The van der Waals surface area contributed by atoms with Gasteiger partial charge in [0.2, 0.25) is 0 Å². The van der Waals surface area contributed by atoms with Gasteiger partial charge >= 0.3 is 0 Å². The van der Waals surface area contributed by atoms with Gasteiger partial charge in [0.05, 0.1) is 0 Å². The molecule has 0 N–H and O–H groups in total. The molecule has 0 aliphatic heterocycles. The first-order valence-corrected chi connectivity index (χ1v) is 4.85. The fraction of sp³-hybridized carbons (Fsp3) is 1.00. The van der Waals surface area contributed by atoms with Gasteiger partial charge in [0, 0.05) is 31.8 Å². The van der Waals surface area contributed by atoms with Crippen molar-refractivity contribution in [3.63, 3.8) is 0 Å². The smallest absolute Gasteiger partial charge is 0.0437 e. The van der Waals surface area contributed by atoms with E-state index in [9.17, 15) is 15.3 Å². The summed E-state index contributed by atoms with van der Waals surface area (Å²) in [4.78, 5) is 0. The molecule has 0 aromatic heterocycles. The van der Waals surface area contributed by atoms with E-state index in [1.54, 1.807) is 27.7 Å². The van der Waals surface area contributed by atoms with E-state index in [4.69, 9.17) is 0 Å². The molecule has 5 nitrogen and oxygen atoms in total. The van der Waals surface area contributed by atoms with Gasteiger partial charge in [0.15, 0.2) is 0 Å². The molecular weight excluding hydrogens is 251 g/mol. The van der Waals surface area contributed by atoms with Gasteiger partial charge < -0.3 is 25.5 Å². The van der Waals surface area contributed by atoms with E-state index in [1.165, 1.54) is 0 Å². The average molecular weight is 274 g/mol. The average Bonchev–Trinajstić information content (AvgIpc) is 1.98. The summed E-state index contributed by atoms with van der Waals surface area (Å²) in [5.41, 5.74) is 0. The topological polar surface area (TPSA) is 107 Å². The molecule has 0 aliphatic rings. The third kappa shape index (κ3) is 225. The Kier molecular flexibility index (Phi) is 55.2. The van der Waals surface area contributed by atoms with Crippen LogP contribution in [0, 0.1) is 0 Å². The zero-order valence-corrected chi connectivity index (χ0v) is 12.2. The molecule has 0 aliphatic carbocycles. The zero-order chi connectivity index (χ0) is 12.0. The van der Waals surface area contributed by atoms with Crippen LogP contribution in [0.1, 0.15) is 34.6 Å². The van der Waals surface area contributed by atoms with Crippen molar-refractivity contribution in [1.82, 2.24) is 0 Å². The predicted octanol–water partition coefficient (Wildman–Crippen LogP) is -1.23. The number of ether oxygens (including phenoxy) is 1. The summed E-state index contributed by atoms with van der Waals surface area (Å²) in [6, 6.07) is 0. The van der Waals surface area contributed by atoms with Crippen LogP contribution in [0.2, 0.25) is 0 Å². The van der Waals surface area contributed by atoms with Gasteiger partial charge in [0.1, 0.15) is 0 Å². The Morgan fingerprint density at radius 2 is 1.25 bits per heavy atom. The molecule has 0 fully saturated rings. The van der Waals surface area contributed by atoms with Crippen LogP contribution in [0.3, 0.4) is 0 Å². The Balaban J connectivity index is -0.0000000367. The first-order chi connectivity index (χ1) is 6.38. The molecule has 0 spiro atoms. The monoisotopic (exact) mass is 274 g/mol. The summed E-state index contributed by atoms with van der Waals surface area (Å²) >= 11 is 0. The minimum atomic E-state index is -0.417. The van der Waals surface area contributed by atoms with E-state index in [2.05, 4.69) is 4.74 Å². The van der Waals surface area contributed by atoms with Gasteiger partial charge in [-0.05, 0) is 6.92 Å². The third-order valence-electron chi connectivity index (χ3n) is 0.432. The van der Waals surface area contributed by atoms with Crippen molar-refractivity contribution in [1.29, 1.82) is 0 Å². The van der Waals surface area contributed by atoms with Crippen molar-refractivity contribution < 1.29 is 44.1 Å². The summed E-state index contributed by atoms with van der Waals surface area (Å²) in [6.45, 7) is 9.21. The molecule has 0 unspecified atom stereocenters. The first-order valence-electron chi connectivity index (χ1n) is 4.85. The van der Waals surface area contributed by atoms with Crippen LogP contribution in [0.5, 0.6) is 0 Å². The normalized spacial score (nSPS) is 7.88. The van der Waals surface area contributed by atoms with E-state index >= 15 is 0 Å². The minimum Gasteiger partial charge on any atom is -2.00 e. The molecule has 103 valence electrons. The SMILES string of the molecule is CC(C)[O-].CC(C)[O-].CCOCC[O-].[O-2].[V]. The van der Waals surface area contributed by atoms with Gasteiger partial charge in [-0.2, -0.15) is 0 Å². The number of hydrogen-bond acceptors (Lipinski definition) is 4. The van der Waals surface area contributed by atoms with E-state index in [-0.39, 0.29) is 30.6 Å². The Bertz CT molecular complexity index is 66.1. The fourth-order valence-electron chi connectivity index (χ4n) is 0.203. The second kappa shape index (κ2) is 29.5. The van der Waals surface area contributed by atoms with Crippen molar-refractivity contribution in [3.05, 3.63) is 0 Å². The molecule has 0 saturated carbocycles. The van der Waals surface area contributed by atoms with Crippen molar-refractivity contribution in [3.8, 4) is 0 Å². The summed E-state index contributed by atoms with van der Waals surface area (Å²) in [5, 5.41) is 28.6. The van der Waals surface area contributed by atoms with Crippen molar-refractivity contribution in [2.75, 3.05) is 19.8 Å². The molecule has 6 heteroatoms. The maximum Gasteiger partial charge on any atom is 0.0437 e. The fourth-order valence-corrected chi connectivity index (χ4v) is 0.203. The Labute approximate surface area is 111 Å². The molecule has 0 saturated heterocycles. The van der Waals surface area contributed by atoms with E-state index in [0.29, 0.717) is 13.2 Å².